The number of anilines is 2. The van der Waals surface area contributed by atoms with Crippen LogP contribution in [-0.2, 0) is 6.42 Å². The summed E-state index contributed by atoms with van der Waals surface area (Å²) in [4.78, 5) is 12.3. The van der Waals surface area contributed by atoms with Crippen LogP contribution in [-0.4, -0.2) is 23.2 Å². The van der Waals surface area contributed by atoms with Crippen molar-refractivity contribution in [1.29, 1.82) is 0 Å². The first-order valence-electron chi connectivity index (χ1n) is 3.68. The first kappa shape index (κ1) is 7.02. The normalized spacial score (nSPS) is 13.1. The van der Waals surface area contributed by atoms with Crippen LogP contribution in [0.1, 0.15) is 5.69 Å². The molecule has 1 aliphatic heterocycles. The van der Waals surface area contributed by atoms with Gasteiger partial charge in [-0.05, 0) is 0 Å². The molecule has 3 N–H and O–H groups in total. The Balaban J connectivity index is 2.56. The van der Waals surface area contributed by atoms with Crippen LogP contribution in [0, 0.1) is 0 Å². The molecule has 12 heavy (non-hydrogen) atoms. The van der Waals surface area contributed by atoms with Gasteiger partial charge in [0.15, 0.2) is 5.82 Å². The van der Waals surface area contributed by atoms with E-state index in [1.807, 2.05) is 0 Å². The number of hydrogen-bond donors (Lipinski definition) is 2. The zero-order chi connectivity index (χ0) is 8.55. The van der Waals surface area contributed by atoms with E-state index < -0.39 is 0 Å². The first-order valence-corrected chi connectivity index (χ1v) is 3.68. The molecule has 62 valence electrons. The van der Waals surface area contributed by atoms with Gasteiger partial charge in [0.25, 0.3) is 0 Å². The monoisotopic (exact) mass is 163 g/mol. The van der Waals surface area contributed by atoms with Crippen molar-refractivity contribution in [2.75, 3.05) is 18.1 Å². The summed E-state index contributed by atoms with van der Waals surface area (Å²) in [6.45, 7) is 0. The quantitative estimate of drug-likeness (QED) is 0.626. The molecule has 2 rings (SSSR count). The van der Waals surface area contributed by atoms with Gasteiger partial charge in [0.1, 0.15) is 5.69 Å². The van der Waals surface area contributed by atoms with Crippen molar-refractivity contribution in [2.45, 2.75) is 6.42 Å². The maximum atomic E-state index is 5.64. The van der Waals surface area contributed by atoms with E-state index in [0.717, 1.165) is 12.1 Å². The molecule has 0 radical (unpaired) electrons. The predicted octanol–water partition coefficient (Wildman–Crippen LogP) is 0.359. The molecule has 0 fully saturated rings. The molecule has 5 nitrogen and oxygen atoms in total. The lowest BCUT2D eigenvalue weighted by atomic mass is 10.3. The predicted molar refractivity (Wildman–Crippen MR) is 47.8 cm³/mol. The van der Waals surface area contributed by atoms with Crippen molar-refractivity contribution in [2.24, 2.45) is 4.99 Å². The van der Waals surface area contributed by atoms with Crippen molar-refractivity contribution >= 4 is 23.7 Å². The summed E-state index contributed by atoms with van der Waals surface area (Å²) in [6.07, 6.45) is 2.53. The van der Waals surface area contributed by atoms with Crippen molar-refractivity contribution in [3.8, 4) is 0 Å². The van der Waals surface area contributed by atoms with E-state index in [9.17, 15) is 0 Å². The van der Waals surface area contributed by atoms with Gasteiger partial charge in [-0.25, -0.2) is 4.98 Å². The van der Waals surface area contributed by atoms with Gasteiger partial charge in [0.2, 0.25) is 5.95 Å². The summed E-state index contributed by atoms with van der Waals surface area (Å²) in [5.74, 6) is 0.995. The molecule has 0 spiro atoms. The SMILES string of the molecule is CNc1nc(N)c2c(n1)CC=N2. The number of hydrogen-bond acceptors (Lipinski definition) is 5. The van der Waals surface area contributed by atoms with Gasteiger partial charge >= 0.3 is 0 Å². The Bertz CT molecular complexity index is 344. The highest BCUT2D eigenvalue weighted by Crippen LogP contribution is 2.28. The summed E-state index contributed by atoms with van der Waals surface area (Å²) in [7, 11) is 1.76. The standard InChI is InChI=1S/C7H9N5/c1-9-7-11-4-2-3-10-5(4)6(8)12-7/h3H,2H2,1H3,(H3,8,9,11,12). The third kappa shape index (κ3) is 0.903. The van der Waals surface area contributed by atoms with E-state index in [2.05, 4.69) is 20.3 Å². The largest absolute Gasteiger partial charge is 0.382 e. The minimum Gasteiger partial charge on any atom is -0.382 e. The molecule has 0 atom stereocenters. The number of aromatic nitrogens is 2. The lowest BCUT2D eigenvalue weighted by Gasteiger charge is -2.03. The Morgan fingerprint density at radius 2 is 2.33 bits per heavy atom. The fourth-order valence-electron chi connectivity index (χ4n) is 1.14. The number of rotatable bonds is 1. The maximum absolute atomic E-state index is 5.64. The van der Waals surface area contributed by atoms with E-state index in [0.29, 0.717) is 17.5 Å². The van der Waals surface area contributed by atoms with Crippen LogP contribution in [0.4, 0.5) is 17.5 Å². The highest BCUT2D eigenvalue weighted by atomic mass is 15.1. The van der Waals surface area contributed by atoms with Gasteiger partial charge in [0, 0.05) is 19.7 Å². The topological polar surface area (TPSA) is 76.2 Å². The number of fused-ring (bicyclic) bond motifs is 1. The number of nitrogens with two attached hydrogens (primary N) is 1. The van der Waals surface area contributed by atoms with E-state index in [1.165, 1.54) is 0 Å². The number of nitrogens with zero attached hydrogens (tertiary/aromatic N) is 3. The molecular weight excluding hydrogens is 154 g/mol. The van der Waals surface area contributed by atoms with Crippen LogP contribution >= 0.6 is 0 Å². The molecule has 1 aromatic heterocycles. The maximum Gasteiger partial charge on any atom is 0.224 e. The molecule has 5 heteroatoms. The van der Waals surface area contributed by atoms with Crippen LogP contribution in [0.2, 0.25) is 0 Å². The van der Waals surface area contributed by atoms with Gasteiger partial charge in [-0.15, -0.1) is 0 Å². The Morgan fingerprint density at radius 3 is 3.08 bits per heavy atom. The van der Waals surface area contributed by atoms with Crippen molar-refractivity contribution in [1.82, 2.24) is 9.97 Å². The Morgan fingerprint density at radius 1 is 1.50 bits per heavy atom. The van der Waals surface area contributed by atoms with Crippen LogP contribution in [0.3, 0.4) is 0 Å². The molecule has 0 saturated heterocycles. The molecular formula is C7H9N5. The van der Waals surface area contributed by atoms with Gasteiger partial charge in [-0.3, -0.25) is 4.99 Å². The smallest absolute Gasteiger partial charge is 0.224 e. The van der Waals surface area contributed by atoms with Crippen molar-refractivity contribution < 1.29 is 0 Å². The molecule has 0 bridgehead atoms. The van der Waals surface area contributed by atoms with Crippen LogP contribution in [0.25, 0.3) is 0 Å². The Labute approximate surface area is 69.7 Å². The van der Waals surface area contributed by atoms with E-state index >= 15 is 0 Å². The summed E-state index contributed by atoms with van der Waals surface area (Å²) >= 11 is 0. The van der Waals surface area contributed by atoms with Crippen molar-refractivity contribution in [3.05, 3.63) is 5.69 Å². The number of nitrogen functional groups attached to an aromatic ring is 1. The second kappa shape index (κ2) is 2.44. The molecule has 1 aromatic rings. The lowest BCUT2D eigenvalue weighted by Crippen LogP contribution is -2.02. The highest BCUT2D eigenvalue weighted by molar-refractivity contribution is 5.80. The molecule has 0 unspecified atom stereocenters. The van der Waals surface area contributed by atoms with Gasteiger partial charge in [-0.1, -0.05) is 0 Å². The minimum absolute atomic E-state index is 0.443. The summed E-state index contributed by atoms with van der Waals surface area (Å²) < 4.78 is 0. The summed E-state index contributed by atoms with van der Waals surface area (Å²) in [5, 5.41) is 2.84. The highest BCUT2D eigenvalue weighted by Gasteiger charge is 2.13. The second-order valence-corrected chi connectivity index (χ2v) is 2.49. The Hall–Kier alpha value is -1.65. The third-order valence-electron chi connectivity index (χ3n) is 1.71. The fourth-order valence-corrected chi connectivity index (χ4v) is 1.14. The number of nitrogens with one attached hydrogen (secondary N) is 1. The van der Waals surface area contributed by atoms with Gasteiger partial charge in [0.05, 0.1) is 5.69 Å². The van der Waals surface area contributed by atoms with E-state index in [1.54, 1.807) is 13.3 Å². The van der Waals surface area contributed by atoms with E-state index in [-0.39, 0.29) is 0 Å². The molecule has 2 heterocycles. The summed E-state index contributed by atoms with van der Waals surface area (Å²) in [5.41, 5.74) is 7.26. The van der Waals surface area contributed by atoms with Crippen molar-refractivity contribution in [3.63, 3.8) is 0 Å². The molecule has 0 aromatic carbocycles. The molecule has 0 aliphatic carbocycles. The van der Waals surface area contributed by atoms with Crippen LogP contribution < -0.4 is 11.1 Å². The molecule has 1 aliphatic rings. The third-order valence-corrected chi connectivity index (χ3v) is 1.71. The van der Waals surface area contributed by atoms with Gasteiger partial charge < -0.3 is 11.1 Å². The average molecular weight is 163 g/mol. The lowest BCUT2D eigenvalue weighted by molar-refractivity contribution is 1.09. The Kier molecular flexibility index (Phi) is 1.43. The average Bonchev–Trinajstić information content (AvgIpc) is 2.52. The van der Waals surface area contributed by atoms with Gasteiger partial charge in [-0.2, -0.15) is 4.98 Å². The van der Waals surface area contributed by atoms with Crippen LogP contribution in [0.15, 0.2) is 4.99 Å². The van der Waals surface area contributed by atoms with Crippen LogP contribution in [0.5, 0.6) is 0 Å². The molecule has 0 amide bonds. The molecule has 0 saturated carbocycles. The number of aliphatic imine (C=N–C) groups is 1. The summed E-state index contributed by atoms with van der Waals surface area (Å²) in [6, 6.07) is 0. The fraction of sp³-hybridized carbons (Fsp3) is 0.286. The zero-order valence-electron chi connectivity index (χ0n) is 6.70. The zero-order valence-corrected chi connectivity index (χ0v) is 6.70. The second-order valence-electron chi connectivity index (χ2n) is 2.49. The minimum atomic E-state index is 0.443. The first-order chi connectivity index (χ1) is 5.81. The van der Waals surface area contributed by atoms with E-state index in [4.69, 9.17) is 5.73 Å².